The van der Waals surface area contributed by atoms with Gasteiger partial charge in [-0.05, 0) is 59.7 Å². The molecule has 1 fully saturated rings. The molecule has 0 spiro atoms. The van der Waals surface area contributed by atoms with Crippen LogP contribution < -0.4 is 19.8 Å². The van der Waals surface area contributed by atoms with Gasteiger partial charge < -0.3 is 15.0 Å². The molecular formula is C33H25N3O5S2. The number of aromatic nitrogens is 1. The average Bonchev–Trinajstić information content (AvgIpc) is 3.51. The number of amides is 3. The van der Waals surface area contributed by atoms with Crippen LogP contribution in [-0.4, -0.2) is 34.6 Å². The minimum absolute atomic E-state index is 0.182. The second-order valence-electron chi connectivity index (χ2n) is 10.6. The first kappa shape index (κ1) is 27.2. The van der Waals surface area contributed by atoms with Gasteiger partial charge in [-0.25, -0.2) is 4.90 Å². The molecule has 3 amide bonds. The highest BCUT2D eigenvalue weighted by atomic mass is 32.2. The van der Waals surface area contributed by atoms with Gasteiger partial charge in [0.1, 0.15) is 11.0 Å². The minimum Gasteiger partial charge on any atom is -0.484 e. The summed E-state index contributed by atoms with van der Waals surface area (Å²) in [5.41, 5.74) is 3.04. The SMILES string of the molecule is Cc1ccc(N2C(=O)[C@H]3[C@H](c4ccc(OCC(=O)Nc5ccc6ccccc6c5)cc4)c4sc(=O)[nH]c4S[C@H]3C2=O)cc1. The molecule has 0 radical (unpaired) electrons. The number of rotatable bonds is 6. The van der Waals surface area contributed by atoms with Crippen molar-refractivity contribution in [1.82, 2.24) is 4.98 Å². The normalized spacial score (nSPS) is 19.3. The zero-order valence-corrected chi connectivity index (χ0v) is 24.5. The van der Waals surface area contributed by atoms with Gasteiger partial charge in [0, 0.05) is 16.5 Å². The van der Waals surface area contributed by atoms with Crippen LogP contribution in [-0.2, 0) is 14.4 Å². The Hall–Kier alpha value is -4.67. The minimum atomic E-state index is -0.669. The van der Waals surface area contributed by atoms with E-state index in [1.54, 1.807) is 24.3 Å². The van der Waals surface area contributed by atoms with Crippen molar-refractivity contribution in [2.75, 3.05) is 16.8 Å². The van der Waals surface area contributed by atoms with Gasteiger partial charge in [0.25, 0.3) is 5.91 Å². The summed E-state index contributed by atoms with van der Waals surface area (Å²) in [5, 5.41) is 4.94. The number of hydrogen-bond donors (Lipinski definition) is 2. The van der Waals surface area contributed by atoms with Crippen molar-refractivity contribution in [1.29, 1.82) is 0 Å². The van der Waals surface area contributed by atoms with Crippen LogP contribution >= 0.6 is 23.1 Å². The van der Waals surface area contributed by atoms with E-state index in [9.17, 15) is 19.2 Å². The number of aryl methyl sites for hydroxylation is 1. The van der Waals surface area contributed by atoms with Gasteiger partial charge in [0.05, 0.1) is 16.6 Å². The molecule has 4 aromatic carbocycles. The molecule has 1 saturated heterocycles. The Kier molecular flexibility index (Phi) is 6.87. The van der Waals surface area contributed by atoms with E-state index in [-0.39, 0.29) is 29.2 Å². The van der Waals surface area contributed by atoms with Crippen molar-refractivity contribution in [3.8, 4) is 5.75 Å². The van der Waals surface area contributed by atoms with Crippen molar-refractivity contribution in [3.05, 3.63) is 117 Å². The number of carbonyl (C=O) groups excluding carboxylic acids is 3. The van der Waals surface area contributed by atoms with E-state index in [0.29, 0.717) is 22.2 Å². The van der Waals surface area contributed by atoms with Crippen LogP contribution in [0.5, 0.6) is 5.75 Å². The number of thioether (sulfide) groups is 1. The van der Waals surface area contributed by atoms with Gasteiger partial charge in [-0.2, -0.15) is 0 Å². The number of carbonyl (C=O) groups is 3. The number of ether oxygens (including phenoxy) is 1. The fourth-order valence-corrected chi connectivity index (χ4v) is 8.22. The van der Waals surface area contributed by atoms with Crippen LogP contribution in [0.3, 0.4) is 0 Å². The number of H-pyrrole nitrogens is 1. The van der Waals surface area contributed by atoms with E-state index >= 15 is 0 Å². The number of nitrogens with one attached hydrogen (secondary N) is 2. The zero-order chi connectivity index (χ0) is 29.7. The number of nitrogens with zero attached hydrogens (tertiary/aromatic N) is 1. The maximum Gasteiger partial charge on any atom is 0.305 e. The summed E-state index contributed by atoms with van der Waals surface area (Å²) in [7, 11) is 0. The Bertz CT molecular complexity index is 1950. The summed E-state index contributed by atoms with van der Waals surface area (Å²) in [6, 6.07) is 28.1. The second-order valence-corrected chi connectivity index (χ2v) is 12.7. The summed E-state index contributed by atoms with van der Waals surface area (Å²) >= 11 is 2.32. The van der Waals surface area contributed by atoms with Gasteiger partial charge in [0.2, 0.25) is 11.8 Å². The lowest BCUT2D eigenvalue weighted by atomic mass is 9.83. The smallest absolute Gasteiger partial charge is 0.305 e. The van der Waals surface area contributed by atoms with Crippen molar-refractivity contribution < 1.29 is 19.1 Å². The van der Waals surface area contributed by atoms with Crippen molar-refractivity contribution >= 4 is 63.0 Å². The molecule has 0 saturated carbocycles. The molecule has 2 aliphatic heterocycles. The maximum absolute atomic E-state index is 13.8. The molecule has 0 aliphatic carbocycles. The highest BCUT2D eigenvalue weighted by Crippen LogP contribution is 2.53. The van der Waals surface area contributed by atoms with Crippen LogP contribution in [0.2, 0.25) is 0 Å². The van der Waals surface area contributed by atoms with Crippen molar-refractivity contribution in [2.24, 2.45) is 5.92 Å². The number of thiazole rings is 1. The Labute approximate surface area is 254 Å². The molecule has 3 atom stereocenters. The fraction of sp³-hybridized carbons (Fsp3) is 0.152. The summed E-state index contributed by atoms with van der Waals surface area (Å²) in [4.78, 5) is 57.0. The Morgan fingerprint density at radius 2 is 1.65 bits per heavy atom. The number of fused-ring (bicyclic) bond motifs is 3. The molecule has 0 unspecified atom stereocenters. The molecule has 10 heteroatoms. The standard InChI is InChI=1S/C33H25N3O5S2/c1-18-6-12-23(13-7-18)36-31(38)27-26(28-30(35-33(40)43-28)42-29(27)32(36)39)20-9-14-24(15-10-20)41-17-25(37)34-22-11-8-19-4-2-3-5-21(19)16-22/h2-16,26-27,29H,17H2,1H3,(H,34,37)(H,35,40)/t26-,27-,29+/m0/s1. The topological polar surface area (TPSA) is 109 Å². The molecule has 7 rings (SSSR count). The first-order valence-corrected chi connectivity index (χ1v) is 15.4. The highest BCUT2D eigenvalue weighted by molar-refractivity contribution is 8.00. The van der Waals surface area contributed by atoms with E-state index < -0.39 is 17.1 Å². The molecule has 43 heavy (non-hydrogen) atoms. The van der Waals surface area contributed by atoms with Gasteiger partial charge in [-0.15, -0.1) is 0 Å². The molecule has 214 valence electrons. The molecule has 2 aliphatic rings. The summed E-state index contributed by atoms with van der Waals surface area (Å²) in [6.07, 6.45) is 0. The van der Waals surface area contributed by atoms with Crippen molar-refractivity contribution in [3.63, 3.8) is 0 Å². The lowest BCUT2D eigenvalue weighted by Crippen LogP contribution is -2.32. The zero-order valence-electron chi connectivity index (χ0n) is 22.9. The van der Waals surface area contributed by atoms with E-state index in [1.807, 2.05) is 73.7 Å². The molecule has 0 bridgehead atoms. The monoisotopic (exact) mass is 607 g/mol. The molecule has 5 aromatic rings. The molecule has 1 aromatic heterocycles. The first-order chi connectivity index (χ1) is 20.9. The summed E-state index contributed by atoms with van der Waals surface area (Å²) in [6.45, 7) is 1.77. The van der Waals surface area contributed by atoms with Gasteiger partial charge >= 0.3 is 4.87 Å². The van der Waals surface area contributed by atoms with E-state index in [2.05, 4.69) is 10.3 Å². The van der Waals surface area contributed by atoms with Crippen molar-refractivity contribution in [2.45, 2.75) is 23.1 Å². The van der Waals surface area contributed by atoms with Gasteiger partial charge in [-0.1, -0.05) is 83.3 Å². The van der Waals surface area contributed by atoms with E-state index in [0.717, 1.165) is 38.1 Å². The van der Waals surface area contributed by atoms with Crippen LogP contribution in [0, 0.1) is 12.8 Å². The fourth-order valence-electron chi connectivity index (χ4n) is 5.71. The summed E-state index contributed by atoms with van der Waals surface area (Å²) < 4.78 is 5.75. The third-order valence-corrected chi connectivity index (χ3v) is 10.2. The lowest BCUT2D eigenvalue weighted by molar-refractivity contribution is -0.122. The van der Waals surface area contributed by atoms with Gasteiger partial charge in [0.15, 0.2) is 6.61 Å². The lowest BCUT2D eigenvalue weighted by Gasteiger charge is -2.29. The number of benzene rings is 4. The van der Waals surface area contributed by atoms with Crippen LogP contribution in [0.1, 0.15) is 21.9 Å². The molecular weight excluding hydrogens is 583 g/mol. The predicted octanol–water partition coefficient (Wildman–Crippen LogP) is 5.71. The number of imide groups is 1. The molecule has 3 heterocycles. The van der Waals surface area contributed by atoms with Crippen LogP contribution in [0.15, 0.2) is 101 Å². The quantitative estimate of drug-likeness (QED) is 0.240. The number of hydrogen-bond acceptors (Lipinski definition) is 7. The highest BCUT2D eigenvalue weighted by Gasteiger charge is 2.56. The Balaban J connectivity index is 1.10. The van der Waals surface area contributed by atoms with Crippen LogP contribution in [0.4, 0.5) is 11.4 Å². The Morgan fingerprint density at radius 1 is 0.907 bits per heavy atom. The largest absolute Gasteiger partial charge is 0.484 e. The molecule has 8 nitrogen and oxygen atoms in total. The number of anilines is 2. The maximum atomic E-state index is 13.8. The molecule has 2 N–H and O–H groups in total. The van der Waals surface area contributed by atoms with E-state index in [1.165, 1.54) is 16.7 Å². The van der Waals surface area contributed by atoms with Gasteiger partial charge in [-0.3, -0.25) is 19.2 Å². The third-order valence-electron chi connectivity index (χ3n) is 7.76. The predicted molar refractivity (Wildman–Crippen MR) is 168 cm³/mol. The van der Waals surface area contributed by atoms with Crippen LogP contribution in [0.25, 0.3) is 10.8 Å². The average molecular weight is 608 g/mol. The second kappa shape index (κ2) is 10.9. The first-order valence-electron chi connectivity index (χ1n) is 13.7. The third kappa shape index (κ3) is 5.02. The number of aromatic amines is 1. The summed E-state index contributed by atoms with van der Waals surface area (Å²) in [5.74, 6) is -1.53. The Morgan fingerprint density at radius 3 is 2.42 bits per heavy atom. The van der Waals surface area contributed by atoms with E-state index in [4.69, 9.17) is 4.74 Å².